The van der Waals surface area contributed by atoms with Gasteiger partial charge in [0, 0.05) is 35.5 Å². The van der Waals surface area contributed by atoms with Crippen molar-refractivity contribution in [1.29, 1.82) is 0 Å². The maximum Gasteiger partial charge on any atom is 0.299 e. The number of anilines is 1. The third-order valence-electron chi connectivity index (χ3n) is 4.26. The van der Waals surface area contributed by atoms with Crippen LogP contribution in [0.5, 0.6) is 0 Å². The van der Waals surface area contributed by atoms with Crippen LogP contribution in [0.1, 0.15) is 23.2 Å². The molecule has 0 atom stereocenters. The number of hydrogen-bond donors (Lipinski definition) is 0. The summed E-state index contributed by atoms with van der Waals surface area (Å²) in [6.07, 6.45) is 1.75. The maximum absolute atomic E-state index is 12.3. The van der Waals surface area contributed by atoms with Crippen LogP contribution in [-0.2, 0) is 9.53 Å². The molecule has 1 fully saturated rings. The molecule has 6 heteroatoms. The molecule has 0 unspecified atom stereocenters. The highest BCUT2D eigenvalue weighted by atomic mass is 79.9. The molecule has 0 radical (unpaired) electrons. The van der Waals surface area contributed by atoms with Crippen molar-refractivity contribution in [2.75, 3.05) is 30.0 Å². The number of ether oxygens (including phenoxy) is 1. The third-order valence-corrected chi connectivity index (χ3v) is 5.69. The van der Waals surface area contributed by atoms with Gasteiger partial charge in [-0.25, -0.2) is 0 Å². The molecule has 1 aromatic carbocycles. The fourth-order valence-corrected chi connectivity index (χ4v) is 3.81. The van der Waals surface area contributed by atoms with Gasteiger partial charge in [-0.05, 0) is 31.0 Å². The zero-order chi connectivity index (χ0) is 15.0. The van der Waals surface area contributed by atoms with Gasteiger partial charge >= 0.3 is 0 Å². The number of alkyl halides is 1. The van der Waals surface area contributed by atoms with Gasteiger partial charge < -0.3 is 9.64 Å². The van der Waals surface area contributed by atoms with E-state index in [1.807, 2.05) is 0 Å². The van der Waals surface area contributed by atoms with E-state index >= 15 is 0 Å². The van der Waals surface area contributed by atoms with Gasteiger partial charge in [-0.3, -0.25) is 9.59 Å². The third kappa shape index (κ3) is 2.62. The highest BCUT2D eigenvalue weighted by Gasteiger charge is 2.42. The standard InChI is InChI=1S/C15H15BrClNO3/c16-8-15(3-5-21-6-4-15)9-18-12-2-1-10(17)7-11(12)13(19)14(18)20/h1-2,7H,3-6,8-9H2. The first-order chi connectivity index (χ1) is 10.1. The minimum Gasteiger partial charge on any atom is -0.381 e. The molecular formula is C15H15BrClNO3. The molecule has 1 aromatic rings. The van der Waals surface area contributed by atoms with E-state index in [9.17, 15) is 9.59 Å². The van der Waals surface area contributed by atoms with Crippen LogP contribution in [-0.4, -0.2) is 36.8 Å². The summed E-state index contributed by atoms with van der Waals surface area (Å²) in [6.45, 7) is 1.91. The SMILES string of the molecule is O=C1C(=O)N(CC2(CBr)CCOCC2)c2ccc(Cl)cc21. The van der Waals surface area contributed by atoms with Gasteiger partial charge in [0.25, 0.3) is 11.7 Å². The first kappa shape index (κ1) is 15.0. The molecule has 21 heavy (non-hydrogen) atoms. The lowest BCUT2D eigenvalue weighted by Crippen LogP contribution is -2.44. The summed E-state index contributed by atoms with van der Waals surface area (Å²) in [5.74, 6) is -0.927. The van der Waals surface area contributed by atoms with E-state index < -0.39 is 11.7 Å². The van der Waals surface area contributed by atoms with E-state index in [0.717, 1.165) is 18.2 Å². The molecule has 0 N–H and O–H groups in total. The Bertz CT molecular complexity index is 599. The van der Waals surface area contributed by atoms with E-state index in [2.05, 4.69) is 15.9 Å². The normalized spacial score (nSPS) is 20.8. The summed E-state index contributed by atoms with van der Waals surface area (Å²) in [5, 5.41) is 1.25. The van der Waals surface area contributed by atoms with Crippen molar-refractivity contribution in [3.63, 3.8) is 0 Å². The van der Waals surface area contributed by atoms with E-state index in [4.69, 9.17) is 16.3 Å². The summed E-state index contributed by atoms with van der Waals surface area (Å²) in [5.41, 5.74) is 1.03. The molecule has 4 nitrogen and oxygen atoms in total. The fraction of sp³-hybridized carbons (Fsp3) is 0.467. The summed E-state index contributed by atoms with van der Waals surface area (Å²) >= 11 is 9.49. The molecule has 2 aliphatic rings. The van der Waals surface area contributed by atoms with Gasteiger partial charge in [0.15, 0.2) is 0 Å². The molecular weight excluding hydrogens is 358 g/mol. The van der Waals surface area contributed by atoms with Gasteiger partial charge in [-0.1, -0.05) is 27.5 Å². The number of carbonyl (C=O) groups is 2. The molecule has 0 aliphatic carbocycles. The second-order valence-electron chi connectivity index (χ2n) is 5.63. The first-order valence-electron chi connectivity index (χ1n) is 6.86. The summed E-state index contributed by atoms with van der Waals surface area (Å²) < 4.78 is 5.42. The van der Waals surface area contributed by atoms with Crippen molar-refractivity contribution in [2.24, 2.45) is 5.41 Å². The Labute approximate surface area is 136 Å². The van der Waals surface area contributed by atoms with Crippen LogP contribution >= 0.6 is 27.5 Å². The Morgan fingerprint density at radius 2 is 2.00 bits per heavy atom. The number of fused-ring (bicyclic) bond motifs is 1. The number of nitrogens with zero attached hydrogens (tertiary/aromatic N) is 1. The highest BCUT2D eigenvalue weighted by Crippen LogP contribution is 2.38. The van der Waals surface area contributed by atoms with E-state index in [1.165, 1.54) is 0 Å². The molecule has 0 aromatic heterocycles. The van der Waals surface area contributed by atoms with Crippen LogP contribution in [0.15, 0.2) is 18.2 Å². The van der Waals surface area contributed by atoms with Gasteiger partial charge in [-0.15, -0.1) is 0 Å². The monoisotopic (exact) mass is 371 g/mol. The molecule has 3 rings (SSSR count). The number of benzene rings is 1. The van der Waals surface area contributed by atoms with Crippen LogP contribution in [0, 0.1) is 5.41 Å². The molecule has 0 saturated carbocycles. The smallest absolute Gasteiger partial charge is 0.299 e. The number of rotatable bonds is 3. The Morgan fingerprint density at radius 3 is 2.67 bits per heavy atom. The quantitative estimate of drug-likeness (QED) is 0.605. The van der Waals surface area contributed by atoms with Crippen molar-refractivity contribution < 1.29 is 14.3 Å². The number of hydrogen-bond acceptors (Lipinski definition) is 3. The predicted octanol–water partition coefficient (Wildman–Crippen LogP) is 3.06. The average molecular weight is 373 g/mol. The van der Waals surface area contributed by atoms with Crippen molar-refractivity contribution in [3.05, 3.63) is 28.8 Å². The number of amides is 1. The lowest BCUT2D eigenvalue weighted by molar-refractivity contribution is -0.114. The number of carbonyl (C=O) groups excluding carboxylic acids is 2. The largest absolute Gasteiger partial charge is 0.381 e. The van der Waals surface area contributed by atoms with Gasteiger partial charge in [0.2, 0.25) is 0 Å². The van der Waals surface area contributed by atoms with Crippen LogP contribution in [0.4, 0.5) is 5.69 Å². The molecule has 1 saturated heterocycles. The molecule has 0 bridgehead atoms. The van der Waals surface area contributed by atoms with Crippen molar-refractivity contribution in [1.82, 2.24) is 0 Å². The molecule has 0 spiro atoms. The zero-order valence-electron chi connectivity index (χ0n) is 11.4. The Balaban J connectivity index is 1.92. The van der Waals surface area contributed by atoms with Crippen LogP contribution in [0.3, 0.4) is 0 Å². The number of Topliss-reactive ketones (excluding diaryl/α,β-unsaturated/α-hetero) is 1. The topological polar surface area (TPSA) is 46.6 Å². The Morgan fingerprint density at radius 1 is 1.29 bits per heavy atom. The minimum absolute atomic E-state index is 0.0462. The maximum atomic E-state index is 12.3. The van der Waals surface area contributed by atoms with Crippen LogP contribution in [0.2, 0.25) is 5.02 Å². The van der Waals surface area contributed by atoms with Gasteiger partial charge in [-0.2, -0.15) is 0 Å². The zero-order valence-corrected chi connectivity index (χ0v) is 13.7. The second kappa shape index (κ2) is 5.71. The minimum atomic E-state index is -0.468. The molecule has 2 heterocycles. The van der Waals surface area contributed by atoms with E-state index in [0.29, 0.717) is 36.0 Å². The highest BCUT2D eigenvalue weighted by molar-refractivity contribution is 9.09. The predicted molar refractivity (Wildman–Crippen MR) is 84.4 cm³/mol. The molecule has 112 valence electrons. The van der Waals surface area contributed by atoms with Crippen molar-refractivity contribution in [2.45, 2.75) is 12.8 Å². The lowest BCUT2D eigenvalue weighted by Gasteiger charge is -2.38. The van der Waals surface area contributed by atoms with Gasteiger partial charge in [0.1, 0.15) is 0 Å². The fourth-order valence-electron chi connectivity index (χ4n) is 2.90. The average Bonchev–Trinajstić information content (AvgIpc) is 2.73. The summed E-state index contributed by atoms with van der Waals surface area (Å²) in [4.78, 5) is 26.0. The second-order valence-corrected chi connectivity index (χ2v) is 6.63. The van der Waals surface area contributed by atoms with Crippen LogP contribution < -0.4 is 4.90 Å². The Hall–Kier alpha value is -0.910. The molecule has 2 aliphatic heterocycles. The number of halogens is 2. The number of ketones is 1. The van der Waals surface area contributed by atoms with E-state index in [1.54, 1.807) is 23.1 Å². The lowest BCUT2D eigenvalue weighted by atomic mass is 9.82. The molecule has 1 amide bonds. The van der Waals surface area contributed by atoms with E-state index in [-0.39, 0.29) is 5.41 Å². The van der Waals surface area contributed by atoms with Crippen LogP contribution in [0.25, 0.3) is 0 Å². The van der Waals surface area contributed by atoms with Gasteiger partial charge in [0.05, 0.1) is 11.3 Å². The summed E-state index contributed by atoms with van der Waals surface area (Å²) in [7, 11) is 0. The van der Waals surface area contributed by atoms with Crippen molar-refractivity contribution in [3.8, 4) is 0 Å². The van der Waals surface area contributed by atoms with Crippen molar-refractivity contribution >= 4 is 44.9 Å². The summed E-state index contributed by atoms with van der Waals surface area (Å²) in [6, 6.07) is 5.04. The first-order valence-corrected chi connectivity index (χ1v) is 8.36. The Kier molecular flexibility index (Phi) is 4.08.